The summed E-state index contributed by atoms with van der Waals surface area (Å²) < 4.78 is 19.7. The summed E-state index contributed by atoms with van der Waals surface area (Å²) in [4.78, 5) is 19.2. The first-order valence-corrected chi connectivity index (χ1v) is 19.7. The van der Waals surface area contributed by atoms with Crippen LogP contribution in [0.25, 0.3) is 0 Å². The predicted molar refractivity (Wildman–Crippen MR) is 188 cm³/mol. The van der Waals surface area contributed by atoms with Crippen LogP contribution in [-0.4, -0.2) is 93.2 Å². The highest BCUT2D eigenvalue weighted by atomic mass is 16.7. The van der Waals surface area contributed by atoms with Gasteiger partial charge in [-0.25, -0.2) is 0 Å². The summed E-state index contributed by atoms with van der Waals surface area (Å²) in [7, 11) is 0. The first-order chi connectivity index (χ1) is 23.5. The SMILES string of the molecule is CC1CC(C(O)C(C)(C)O)OC2C1C1(C)CCC34CC35CCC(OC3CN(C(=O)Cc6cccnc6)CCO3)C(C)(C)C5CCC4C1(C)C2O. The number of aromatic nitrogens is 1. The molecule has 1 aromatic rings. The van der Waals surface area contributed by atoms with Crippen molar-refractivity contribution >= 4 is 5.91 Å². The highest BCUT2D eigenvalue weighted by Crippen LogP contribution is 2.89. The van der Waals surface area contributed by atoms with Gasteiger partial charge in [0.2, 0.25) is 5.91 Å². The Bertz CT molecular complexity index is 1470. The van der Waals surface area contributed by atoms with Gasteiger partial charge in [0.25, 0.3) is 0 Å². The minimum absolute atomic E-state index is 0.0416. The van der Waals surface area contributed by atoms with Gasteiger partial charge < -0.3 is 34.4 Å². The van der Waals surface area contributed by atoms with Gasteiger partial charge in [0.1, 0.15) is 6.10 Å². The largest absolute Gasteiger partial charge is 0.390 e. The zero-order chi connectivity index (χ0) is 35.6. The fourth-order valence-electron chi connectivity index (χ4n) is 14.1. The topological polar surface area (TPSA) is 122 Å². The van der Waals surface area contributed by atoms with Gasteiger partial charge in [-0.2, -0.15) is 0 Å². The van der Waals surface area contributed by atoms with Crippen LogP contribution < -0.4 is 0 Å². The quantitative estimate of drug-likeness (QED) is 0.375. The summed E-state index contributed by atoms with van der Waals surface area (Å²) in [6, 6.07) is 3.82. The molecule has 9 nitrogen and oxygen atoms in total. The van der Waals surface area contributed by atoms with Crippen LogP contribution >= 0.6 is 0 Å². The molecule has 3 N–H and O–H groups in total. The lowest BCUT2D eigenvalue weighted by atomic mass is 9.41. The first kappa shape index (κ1) is 35.4. The zero-order valence-electron chi connectivity index (χ0n) is 31.4. The molecule has 1 amide bonds. The van der Waals surface area contributed by atoms with Crippen LogP contribution in [-0.2, 0) is 25.4 Å². The smallest absolute Gasteiger partial charge is 0.227 e. The molecule has 5 saturated carbocycles. The van der Waals surface area contributed by atoms with Crippen molar-refractivity contribution in [3.8, 4) is 0 Å². The zero-order valence-corrected chi connectivity index (χ0v) is 31.4. The molecule has 9 heteroatoms. The minimum Gasteiger partial charge on any atom is -0.390 e. The summed E-state index contributed by atoms with van der Waals surface area (Å²) in [6.07, 6.45) is 9.65. The number of fused-ring (bicyclic) bond motifs is 4. The van der Waals surface area contributed by atoms with E-state index < -0.39 is 30.2 Å². The van der Waals surface area contributed by atoms with Crippen LogP contribution in [0.4, 0.5) is 0 Å². The third-order valence-electron chi connectivity index (χ3n) is 16.6. The Kier molecular flexibility index (Phi) is 8.28. The molecule has 2 spiro atoms. The van der Waals surface area contributed by atoms with E-state index in [0.717, 1.165) is 37.7 Å². The molecule has 14 unspecified atom stereocenters. The average Bonchev–Trinajstić information content (AvgIpc) is 3.70. The van der Waals surface area contributed by atoms with E-state index in [9.17, 15) is 20.1 Å². The molecule has 5 aliphatic carbocycles. The molecule has 0 bridgehead atoms. The first-order valence-electron chi connectivity index (χ1n) is 19.7. The van der Waals surface area contributed by atoms with Gasteiger partial charge in [-0.15, -0.1) is 0 Å². The Morgan fingerprint density at radius 2 is 1.86 bits per heavy atom. The molecule has 14 atom stereocenters. The number of hydrogen-bond acceptors (Lipinski definition) is 8. The number of ether oxygens (including phenoxy) is 3. The van der Waals surface area contributed by atoms with Gasteiger partial charge in [0, 0.05) is 24.4 Å². The molecule has 7 aliphatic rings. The van der Waals surface area contributed by atoms with Gasteiger partial charge >= 0.3 is 0 Å². The van der Waals surface area contributed by atoms with Crippen LogP contribution in [0.1, 0.15) is 105 Å². The van der Waals surface area contributed by atoms with Crippen molar-refractivity contribution in [3.05, 3.63) is 30.1 Å². The number of nitrogens with zero attached hydrogens (tertiary/aromatic N) is 2. The fraction of sp³-hybridized carbons (Fsp3) is 0.854. The van der Waals surface area contributed by atoms with Gasteiger partial charge in [0.05, 0.1) is 49.6 Å². The van der Waals surface area contributed by atoms with Crippen molar-refractivity contribution in [1.29, 1.82) is 0 Å². The molecule has 2 aliphatic heterocycles. The number of rotatable bonds is 6. The molecule has 3 heterocycles. The third-order valence-corrected chi connectivity index (χ3v) is 16.6. The second-order valence-corrected chi connectivity index (χ2v) is 19.5. The minimum atomic E-state index is -1.26. The van der Waals surface area contributed by atoms with Crippen molar-refractivity contribution in [2.45, 2.75) is 149 Å². The number of pyridine rings is 1. The number of aliphatic hydroxyl groups excluding tert-OH is 2. The van der Waals surface area contributed by atoms with Gasteiger partial charge in [-0.05, 0) is 122 Å². The van der Waals surface area contributed by atoms with E-state index in [1.165, 1.54) is 12.8 Å². The van der Waals surface area contributed by atoms with Gasteiger partial charge in [0.15, 0.2) is 6.29 Å². The molecule has 278 valence electrons. The van der Waals surface area contributed by atoms with Crippen molar-refractivity contribution in [3.63, 3.8) is 0 Å². The predicted octanol–water partition coefficient (Wildman–Crippen LogP) is 5.14. The van der Waals surface area contributed by atoms with Crippen molar-refractivity contribution in [1.82, 2.24) is 9.88 Å². The molecule has 0 radical (unpaired) electrons. The molecular weight excluding hydrogens is 632 g/mol. The van der Waals surface area contributed by atoms with Crippen molar-refractivity contribution in [2.24, 2.45) is 50.7 Å². The number of amides is 1. The summed E-state index contributed by atoms with van der Waals surface area (Å²) in [5.41, 5.74) is -0.222. The number of morpholine rings is 1. The van der Waals surface area contributed by atoms with E-state index in [1.807, 2.05) is 17.0 Å². The monoisotopic (exact) mass is 694 g/mol. The fourth-order valence-corrected chi connectivity index (χ4v) is 14.1. The standard InChI is InChI=1S/C41H62N2O7/c1-24-19-26(34(45)37(4,5)47)49-33-32(24)38(6)14-15-41-23-40(41)13-12-29(36(2,3)27(40)10-11-28(41)39(38,7)35(33)46)50-31-22-43(17-18-48-31)30(44)20-25-9-8-16-42-21-25/h8-9,16,21,24,26-29,31-35,45-47H,10-15,17-20,22-23H2,1-7H3. The van der Waals surface area contributed by atoms with Gasteiger partial charge in [-0.1, -0.05) is 40.7 Å². The number of hydrogen-bond donors (Lipinski definition) is 3. The Hall–Kier alpha value is -1.62. The maximum atomic E-state index is 13.2. The Balaban J connectivity index is 0.985. The van der Waals surface area contributed by atoms with Crippen LogP contribution in [0.2, 0.25) is 0 Å². The van der Waals surface area contributed by atoms with Crippen LogP contribution in [0.5, 0.6) is 0 Å². The molecule has 50 heavy (non-hydrogen) atoms. The molecule has 7 fully saturated rings. The van der Waals surface area contributed by atoms with Crippen LogP contribution in [0.15, 0.2) is 24.5 Å². The number of aliphatic hydroxyl groups is 3. The number of carbonyl (C=O) groups excluding carboxylic acids is 1. The van der Waals surface area contributed by atoms with Gasteiger partial charge in [-0.3, -0.25) is 9.78 Å². The maximum absolute atomic E-state index is 13.2. The summed E-state index contributed by atoms with van der Waals surface area (Å²) in [5.74, 6) is 1.56. The van der Waals surface area contributed by atoms with E-state index >= 15 is 0 Å². The number of carbonyl (C=O) groups is 1. The summed E-state index contributed by atoms with van der Waals surface area (Å²) in [6.45, 7) is 16.8. The van der Waals surface area contributed by atoms with E-state index in [4.69, 9.17) is 14.2 Å². The lowest BCUT2D eigenvalue weighted by molar-refractivity contribution is -0.248. The molecule has 1 aromatic heterocycles. The van der Waals surface area contributed by atoms with E-state index in [0.29, 0.717) is 44.4 Å². The van der Waals surface area contributed by atoms with Crippen LogP contribution in [0.3, 0.4) is 0 Å². The summed E-state index contributed by atoms with van der Waals surface area (Å²) >= 11 is 0. The molecular formula is C41H62N2O7. The second-order valence-electron chi connectivity index (χ2n) is 19.5. The third kappa shape index (κ3) is 4.85. The van der Waals surface area contributed by atoms with E-state index in [-0.39, 0.29) is 57.0 Å². The summed E-state index contributed by atoms with van der Waals surface area (Å²) in [5, 5.41) is 34.2. The lowest BCUT2D eigenvalue weighted by Crippen LogP contribution is -2.60. The van der Waals surface area contributed by atoms with Crippen LogP contribution in [0, 0.1) is 50.7 Å². The second kappa shape index (κ2) is 11.7. The van der Waals surface area contributed by atoms with Crippen molar-refractivity contribution < 1.29 is 34.3 Å². The molecule has 2 saturated heterocycles. The Labute approximate surface area is 298 Å². The Morgan fingerprint density at radius 3 is 2.58 bits per heavy atom. The lowest BCUT2D eigenvalue weighted by Gasteiger charge is -2.64. The maximum Gasteiger partial charge on any atom is 0.227 e. The molecule has 8 rings (SSSR count). The highest BCUT2D eigenvalue weighted by Gasteiger charge is 2.84. The van der Waals surface area contributed by atoms with Crippen molar-refractivity contribution in [2.75, 3.05) is 19.7 Å². The normalized spacial score (nSPS) is 48.4. The Morgan fingerprint density at radius 1 is 1.12 bits per heavy atom. The van der Waals surface area contributed by atoms with E-state index in [2.05, 4.69) is 39.6 Å². The average molecular weight is 695 g/mol. The molecule has 0 aromatic carbocycles. The highest BCUT2D eigenvalue weighted by molar-refractivity contribution is 5.78. The van der Waals surface area contributed by atoms with E-state index in [1.54, 1.807) is 26.2 Å².